The van der Waals surface area contributed by atoms with Gasteiger partial charge >= 0.3 is 0 Å². The minimum Gasteiger partial charge on any atom is -0.356 e. The Kier molecular flexibility index (Phi) is 13.7. The quantitative estimate of drug-likeness (QED) is 0.322. The van der Waals surface area contributed by atoms with Gasteiger partial charge in [-0.05, 0) is 72.4 Å². The van der Waals surface area contributed by atoms with Crippen molar-refractivity contribution in [3.63, 3.8) is 0 Å². The van der Waals surface area contributed by atoms with Crippen LogP contribution in [0, 0.1) is 0 Å². The van der Waals surface area contributed by atoms with Crippen molar-refractivity contribution in [2.45, 2.75) is 64.2 Å². The zero-order chi connectivity index (χ0) is 18.2. The Morgan fingerprint density at radius 2 is 1.44 bits per heavy atom. The second-order valence-corrected chi connectivity index (χ2v) is 7.61. The molecular weight excluding hydrogens is 310 g/mol. The lowest BCUT2D eigenvalue weighted by molar-refractivity contribution is 0.282. The molecular formula is C20H43N5. The number of nitrogens with zero attached hydrogens (tertiary/aromatic N) is 3. The maximum atomic E-state index is 4.33. The van der Waals surface area contributed by atoms with Crippen LogP contribution in [0.25, 0.3) is 0 Å². The number of hydrogen-bond acceptors (Lipinski definition) is 3. The molecule has 0 atom stereocenters. The minimum atomic E-state index is 0.962. The minimum absolute atomic E-state index is 0.962. The summed E-state index contributed by atoms with van der Waals surface area (Å²) in [5.74, 6) is 0.962. The van der Waals surface area contributed by atoms with E-state index in [1.165, 1.54) is 90.4 Å². The van der Waals surface area contributed by atoms with Crippen molar-refractivity contribution in [3.8, 4) is 0 Å². The van der Waals surface area contributed by atoms with Crippen molar-refractivity contribution < 1.29 is 0 Å². The molecule has 1 heterocycles. The third-order valence-corrected chi connectivity index (χ3v) is 4.94. The van der Waals surface area contributed by atoms with E-state index in [1.807, 2.05) is 7.05 Å². The summed E-state index contributed by atoms with van der Waals surface area (Å²) >= 11 is 0. The molecule has 0 spiro atoms. The summed E-state index contributed by atoms with van der Waals surface area (Å²) in [6, 6.07) is 0. The number of likely N-dealkylation sites (tertiary alicyclic amines) is 1. The normalized spacial score (nSPS) is 16.9. The van der Waals surface area contributed by atoms with Crippen molar-refractivity contribution in [1.82, 2.24) is 20.4 Å². The molecule has 5 nitrogen and oxygen atoms in total. The number of rotatable bonds is 12. The predicted octanol–water partition coefficient (Wildman–Crippen LogP) is 2.93. The molecule has 0 bridgehead atoms. The summed E-state index contributed by atoms with van der Waals surface area (Å²) in [6.45, 7) is 7.06. The third-order valence-electron chi connectivity index (χ3n) is 4.94. The Morgan fingerprint density at radius 1 is 0.840 bits per heavy atom. The number of nitrogens with one attached hydrogen (secondary N) is 2. The molecule has 0 aliphatic carbocycles. The Morgan fingerprint density at radius 3 is 2.08 bits per heavy atom. The Labute approximate surface area is 156 Å². The van der Waals surface area contributed by atoms with Gasteiger partial charge in [0.05, 0.1) is 0 Å². The zero-order valence-corrected chi connectivity index (χ0v) is 17.2. The molecule has 2 N–H and O–H groups in total. The van der Waals surface area contributed by atoms with Gasteiger partial charge < -0.3 is 20.4 Å². The van der Waals surface area contributed by atoms with Gasteiger partial charge in [-0.2, -0.15) is 0 Å². The van der Waals surface area contributed by atoms with Crippen molar-refractivity contribution in [3.05, 3.63) is 0 Å². The molecule has 0 radical (unpaired) electrons. The molecule has 0 aromatic rings. The smallest absolute Gasteiger partial charge is 0.190 e. The number of aliphatic imine (C=N–C) groups is 1. The van der Waals surface area contributed by atoms with E-state index in [2.05, 4.69) is 39.5 Å². The van der Waals surface area contributed by atoms with Crippen LogP contribution in [0.5, 0.6) is 0 Å². The van der Waals surface area contributed by atoms with Crippen LogP contribution in [0.2, 0.25) is 0 Å². The van der Waals surface area contributed by atoms with E-state index in [1.54, 1.807) is 0 Å². The van der Waals surface area contributed by atoms with Gasteiger partial charge in [-0.1, -0.05) is 32.1 Å². The van der Waals surface area contributed by atoms with Gasteiger partial charge in [0, 0.05) is 20.1 Å². The third kappa shape index (κ3) is 13.1. The second-order valence-electron chi connectivity index (χ2n) is 7.61. The van der Waals surface area contributed by atoms with E-state index in [0.29, 0.717) is 0 Å². The maximum Gasteiger partial charge on any atom is 0.190 e. The van der Waals surface area contributed by atoms with Crippen LogP contribution in [-0.4, -0.2) is 76.2 Å². The summed E-state index contributed by atoms with van der Waals surface area (Å²) in [7, 11) is 6.16. The molecule has 0 aromatic carbocycles. The first-order valence-electron chi connectivity index (χ1n) is 10.5. The molecule has 0 unspecified atom stereocenters. The Balaban J connectivity index is 1.94. The summed E-state index contributed by atoms with van der Waals surface area (Å²) in [4.78, 5) is 9.22. The number of hydrogen-bond donors (Lipinski definition) is 2. The van der Waals surface area contributed by atoms with Gasteiger partial charge in [0.1, 0.15) is 0 Å². The van der Waals surface area contributed by atoms with Crippen molar-refractivity contribution >= 4 is 5.96 Å². The summed E-state index contributed by atoms with van der Waals surface area (Å²) in [5.41, 5.74) is 0. The van der Waals surface area contributed by atoms with Crippen LogP contribution < -0.4 is 10.6 Å². The van der Waals surface area contributed by atoms with E-state index in [4.69, 9.17) is 0 Å². The molecule has 148 valence electrons. The standard InChI is InChI=1S/C20H43N5/c1-21-20(22-14-9-5-4-6-10-16-24(2)3)23-15-13-19-25-17-11-7-8-12-18-25/h4-19H2,1-3H3,(H2,21,22,23). The maximum absolute atomic E-state index is 4.33. The first-order valence-corrected chi connectivity index (χ1v) is 10.5. The predicted molar refractivity (Wildman–Crippen MR) is 111 cm³/mol. The fraction of sp³-hybridized carbons (Fsp3) is 0.950. The van der Waals surface area contributed by atoms with Crippen molar-refractivity contribution in [2.75, 3.05) is 60.4 Å². The lowest BCUT2D eigenvalue weighted by Crippen LogP contribution is -2.39. The molecule has 0 amide bonds. The average molecular weight is 354 g/mol. The highest BCUT2D eigenvalue weighted by Gasteiger charge is 2.08. The topological polar surface area (TPSA) is 42.9 Å². The fourth-order valence-corrected chi connectivity index (χ4v) is 3.38. The summed E-state index contributed by atoms with van der Waals surface area (Å²) in [6.07, 6.45) is 13.4. The van der Waals surface area contributed by atoms with Crippen LogP contribution in [0.15, 0.2) is 4.99 Å². The van der Waals surface area contributed by atoms with E-state index < -0.39 is 0 Å². The van der Waals surface area contributed by atoms with Crippen molar-refractivity contribution in [2.24, 2.45) is 4.99 Å². The first kappa shape index (κ1) is 22.2. The molecule has 0 saturated carbocycles. The van der Waals surface area contributed by atoms with Crippen LogP contribution in [0.3, 0.4) is 0 Å². The molecule has 1 saturated heterocycles. The molecule has 1 rings (SSSR count). The Bertz CT molecular complexity index is 322. The number of guanidine groups is 1. The van der Waals surface area contributed by atoms with Gasteiger partial charge in [-0.25, -0.2) is 0 Å². The van der Waals surface area contributed by atoms with Gasteiger partial charge in [0.15, 0.2) is 5.96 Å². The molecule has 0 aromatic heterocycles. The molecule has 1 aliphatic heterocycles. The van der Waals surface area contributed by atoms with Gasteiger partial charge in [-0.3, -0.25) is 4.99 Å². The molecule has 25 heavy (non-hydrogen) atoms. The fourth-order valence-electron chi connectivity index (χ4n) is 3.38. The van der Waals surface area contributed by atoms with Gasteiger partial charge in [-0.15, -0.1) is 0 Å². The van der Waals surface area contributed by atoms with E-state index >= 15 is 0 Å². The monoisotopic (exact) mass is 353 g/mol. The van der Waals surface area contributed by atoms with Gasteiger partial charge in [0.2, 0.25) is 0 Å². The van der Waals surface area contributed by atoms with Gasteiger partial charge in [0.25, 0.3) is 0 Å². The molecule has 1 aliphatic rings. The SMILES string of the molecule is CN=C(NCCCCCCCN(C)C)NCCCN1CCCCCC1. The lowest BCUT2D eigenvalue weighted by Gasteiger charge is -2.20. The number of unbranched alkanes of at least 4 members (excludes halogenated alkanes) is 4. The highest BCUT2D eigenvalue weighted by molar-refractivity contribution is 5.79. The molecule has 1 fully saturated rings. The van der Waals surface area contributed by atoms with Crippen LogP contribution in [0.4, 0.5) is 0 Å². The zero-order valence-electron chi connectivity index (χ0n) is 17.2. The highest BCUT2D eigenvalue weighted by atomic mass is 15.2. The summed E-state index contributed by atoms with van der Waals surface area (Å²) < 4.78 is 0. The van der Waals surface area contributed by atoms with Crippen LogP contribution >= 0.6 is 0 Å². The van der Waals surface area contributed by atoms with E-state index in [0.717, 1.165) is 19.0 Å². The lowest BCUT2D eigenvalue weighted by atomic mass is 10.1. The molecule has 5 heteroatoms. The highest BCUT2D eigenvalue weighted by Crippen LogP contribution is 2.09. The Hall–Kier alpha value is -0.810. The average Bonchev–Trinajstić information content (AvgIpc) is 2.87. The van der Waals surface area contributed by atoms with Crippen LogP contribution in [-0.2, 0) is 0 Å². The largest absolute Gasteiger partial charge is 0.356 e. The second kappa shape index (κ2) is 15.4. The van der Waals surface area contributed by atoms with Crippen molar-refractivity contribution in [1.29, 1.82) is 0 Å². The van der Waals surface area contributed by atoms with Crippen LogP contribution in [0.1, 0.15) is 64.2 Å². The summed E-state index contributed by atoms with van der Waals surface area (Å²) in [5, 5.41) is 6.90. The van der Waals surface area contributed by atoms with E-state index in [9.17, 15) is 0 Å². The first-order chi connectivity index (χ1) is 12.2. The van der Waals surface area contributed by atoms with E-state index in [-0.39, 0.29) is 0 Å².